The standard InChI is InChI=1S/C9H13NO.C6H7NO3S/c1-8-2-4-9(5-3-8)11-7-6-10;7-5-1-3-6(4-2-5)11(8,9)10/h2-5H,6-7,10H2,1H3;1-4H,7H2,(H,8,9,10). The summed E-state index contributed by atoms with van der Waals surface area (Å²) >= 11 is 0. The number of hydrogen-bond acceptors (Lipinski definition) is 5. The van der Waals surface area contributed by atoms with Crippen molar-refractivity contribution in [2.24, 2.45) is 5.73 Å². The zero-order valence-corrected chi connectivity index (χ0v) is 13.1. The fourth-order valence-corrected chi connectivity index (χ4v) is 1.93. The maximum absolute atomic E-state index is 10.5. The van der Waals surface area contributed by atoms with Gasteiger partial charge in [-0.3, -0.25) is 4.55 Å². The first-order chi connectivity index (χ1) is 10.3. The number of nitrogen functional groups attached to an aromatic ring is 1. The molecular weight excluding hydrogens is 304 g/mol. The van der Waals surface area contributed by atoms with Crippen molar-refractivity contribution in [3.63, 3.8) is 0 Å². The van der Waals surface area contributed by atoms with Gasteiger partial charge in [-0.15, -0.1) is 0 Å². The molecule has 0 aliphatic rings. The molecule has 0 aliphatic carbocycles. The van der Waals surface area contributed by atoms with Crippen molar-refractivity contribution in [1.29, 1.82) is 0 Å². The van der Waals surface area contributed by atoms with Crippen LogP contribution in [0.3, 0.4) is 0 Å². The van der Waals surface area contributed by atoms with E-state index in [1.807, 2.05) is 31.2 Å². The zero-order chi connectivity index (χ0) is 16.6. The minimum absolute atomic E-state index is 0.147. The second-order valence-corrected chi connectivity index (χ2v) is 5.92. The Morgan fingerprint density at radius 1 is 1.05 bits per heavy atom. The molecule has 0 saturated heterocycles. The van der Waals surface area contributed by atoms with Crippen molar-refractivity contribution in [3.05, 3.63) is 54.1 Å². The molecule has 0 amide bonds. The number of rotatable bonds is 4. The Balaban J connectivity index is 0.000000220. The van der Waals surface area contributed by atoms with Crippen molar-refractivity contribution < 1.29 is 17.7 Å². The molecule has 5 N–H and O–H groups in total. The summed E-state index contributed by atoms with van der Waals surface area (Å²) in [7, 11) is -4.08. The molecule has 2 rings (SSSR count). The molecule has 0 fully saturated rings. The van der Waals surface area contributed by atoms with Crippen LogP contribution in [0.2, 0.25) is 0 Å². The SMILES string of the molecule is Cc1ccc(OCCN)cc1.Nc1ccc(S(=O)(=O)O)cc1. The van der Waals surface area contributed by atoms with Crippen LogP contribution >= 0.6 is 0 Å². The topological polar surface area (TPSA) is 116 Å². The lowest BCUT2D eigenvalue weighted by Crippen LogP contribution is -2.10. The van der Waals surface area contributed by atoms with Crippen LogP contribution < -0.4 is 16.2 Å². The van der Waals surface area contributed by atoms with E-state index in [0.29, 0.717) is 18.8 Å². The third kappa shape index (κ3) is 6.57. The Morgan fingerprint density at radius 3 is 2.05 bits per heavy atom. The van der Waals surface area contributed by atoms with Gasteiger partial charge < -0.3 is 16.2 Å². The van der Waals surface area contributed by atoms with E-state index in [2.05, 4.69) is 0 Å². The zero-order valence-electron chi connectivity index (χ0n) is 12.3. The second kappa shape index (κ2) is 8.38. The molecule has 7 heteroatoms. The Bertz CT molecular complexity index is 668. The Labute approximate surface area is 130 Å². The van der Waals surface area contributed by atoms with Crippen molar-refractivity contribution >= 4 is 15.8 Å². The minimum Gasteiger partial charge on any atom is -0.492 e. The van der Waals surface area contributed by atoms with Gasteiger partial charge >= 0.3 is 0 Å². The van der Waals surface area contributed by atoms with Crippen LogP contribution in [0.5, 0.6) is 5.75 Å². The number of hydrogen-bond donors (Lipinski definition) is 3. The van der Waals surface area contributed by atoms with E-state index >= 15 is 0 Å². The maximum atomic E-state index is 10.5. The summed E-state index contributed by atoms with van der Waals surface area (Å²) < 4.78 is 34.7. The summed E-state index contributed by atoms with van der Waals surface area (Å²) in [6.07, 6.45) is 0. The van der Waals surface area contributed by atoms with E-state index in [1.165, 1.54) is 29.8 Å². The highest BCUT2D eigenvalue weighted by atomic mass is 32.2. The lowest BCUT2D eigenvalue weighted by atomic mass is 10.2. The Kier molecular flexibility index (Phi) is 6.84. The predicted octanol–water partition coefficient (Wildman–Crippen LogP) is 1.85. The van der Waals surface area contributed by atoms with Crippen molar-refractivity contribution in [2.75, 3.05) is 18.9 Å². The second-order valence-electron chi connectivity index (χ2n) is 4.49. The van der Waals surface area contributed by atoms with Gasteiger partial charge in [-0.25, -0.2) is 0 Å². The summed E-state index contributed by atoms with van der Waals surface area (Å²) in [5.74, 6) is 0.890. The molecule has 0 bridgehead atoms. The van der Waals surface area contributed by atoms with Crippen molar-refractivity contribution in [3.8, 4) is 5.75 Å². The number of nitrogens with two attached hydrogens (primary N) is 2. The van der Waals surface area contributed by atoms with E-state index in [9.17, 15) is 8.42 Å². The largest absolute Gasteiger partial charge is 0.492 e. The molecule has 0 radical (unpaired) electrons. The third-order valence-electron chi connectivity index (χ3n) is 2.59. The first kappa shape index (κ1) is 18.0. The van der Waals surface area contributed by atoms with Crippen LogP contribution in [-0.4, -0.2) is 26.1 Å². The van der Waals surface area contributed by atoms with Crippen LogP contribution in [0.25, 0.3) is 0 Å². The molecule has 6 nitrogen and oxygen atoms in total. The van der Waals surface area contributed by atoms with E-state index in [1.54, 1.807) is 0 Å². The molecule has 0 unspecified atom stereocenters. The molecular formula is C15H20N2O4S. The smallest absolute Gasteiger partial charge is 0.294 e. The van der Waals surface area contributed by atoms with Crippen LogP contribution in [0.1, 0.15) is 5.56 Å². The first-order valence-electron chi connectivity index (χ1n) is 6.55. The summed E-state index contributed by atoms with van der Waals surface area (Å²) in [4.78, 5) is -0.147. The average Bonchev–Trinajstić information content (AvgIpc) is 2.47. The lowest BCUT2D eigenvalue weighted by molar-refractivity contribution is 0.328. The first-order valence-corrected chi connectivity index (χ1v) is 7.99. The monoisotopic (exact) mass is 324 g/mol. The van der Waals surface area contributed by atoms with Gasteiger partial charge in [0.15, 0.2) is 0 Å². The van der Waals surface area contributed by atoms with Crippen LogP contribution in [0.4, 0.5) is 5.69 Å². The number of benzene rings is 2. The third-order valence-corrected chi connectivity index (χ3v) is 3.45. The highest BCUT2D eigenvalue weighted by Gasteiger charge is 2.06. The lowest BCUT2D eigenvalue weighted by Gasteiger charge is -2.03. The fraction of sp³-hybridized carbons (Fsp3) is 0.200. The summed E-state index contributed by atoms with van der Waals surface area (Å²) in [5, 5.41) is 0. The number of anilines is 1. The summed E-state index contributed by atoms with van der Waals surface area (Å²) in [6, 6.07) is 13.2. The quantitative estimate of drug-likeness (QED) is 0.584. The Hall–Kier alpha value is -2.09. The molecule has 0 aliphatic heterocycles. The van der Waals surface area contributed by atoms with E-state index in [0.717, 1.165) is 5.75 Å². The number of ether oxygens (including phenoxy) is 1. The van der Waals surface area contributed by atoms with Crippen LogP contribution in [0, 0.1) is 6.92 Å². The van der Waals surface area contributed by atoms with Gasteiger partial charge in [0.05, 0.1) is 4.90 Å². The van der Waals surface area contributed by atoms with Gasteiger partial charge in [0.2, 0.25) is 0 Å². The molecule has 2 aromatic carbocycles. The molecule has 2 aromatic rings. The van der Waals surface area contributed by atoms with E-state index in [4.69, 9.17) is 20.8 Å². The fourth-order valence-electron chi connectivity index (χ4n) is 1.45. The van der Waals surface area contributed by atoms with Gasteiger partial charge in [-0.05, 0) is 43.3 Å². The van der Waals surface area contributed by atoms with Crippen molar-refractivity contribution in [2.45, 2.75) is 11.8 Å². The van der Waals surface area contributed by atoms with Gasteiger partial charge in [0.25, 0.3) is 10.1 Å². The Morgan fingerprint density at radius 2 is 1.59 bits per heavy atom. The molecule has 0 heterocycles. The molecule has 22 heavy (non-hydrogen) atoms. The maximum Gasteiger partial charge on any atom is 0.294 e. The predicted molar refractivity (Wildman–Crippen MR) is 86.4 cm³/mol. The van der Waals surface area contributed by atoms with Crippen molar-refractivity contribution in [1.82, 2.24) is 0 Å². The normalized spacial score (nSPS) is 10.5. The molecule has 0 spiro atoms. The van der Waals surface area contributed by atoms with E-state index < -0.39 is 10.1 Å². The van der Waals surface area contributed by atoms with Crippen LogP contribution in [0.15, 0.2) is 53.4 Å². The van der Waals surface area contributed by atoms with Gasteiger partial charge in [0.1, 0.15) is 12.4 Å². The van der Waals surface area contributed by atoms with Gasteiger partial charge in [-0.1, -0.05) is 17.7 Å². The average molecular weight is 324 g/mol. The molecule has 120 valence electrons. The number of aryl methyl sites for hydroxylation is 1. The van der Waals surface area contributed by atoms with Gasteiger partial charge in [0, 0.05) is 12.2 Å². The molecule has 0 aromatic heterocycles. The van der Waals surface area contributed by atoms with Gasteiger partial charge in [-0.2, -0.15) is 8.42 Å². The summed E-state index contributed by atoms with van der Waals surface area (Å²) in [5.41, 5.74) is 12.3. The molecule has 0 atom stereocenters. The highest BCUT2D eigenvalue weighted by molar-refractivity contribution is 7.85. The minimum atomic E-state index is -4.08. The van der Waals surface area contributed by atoms with E-state index in [-0.39, 0.29) is 4.90 Å². The molecule has 0 saturated carbocycles. The summed E-state index contributed by atoms with van der Waals surface area (Å²) in [6.45, 7) is 3.20. The highest BCUT2D eigenvalue weighted by Crippen LogP contribution is 2.11. The van der Waals surface area contributed by atoms with Crippen LogP contribution in [-0.2, 0) is 10.1 Å².